The van der Waals surface area contributed by atoms with Gasteiger partial charge in [0.15, 0.2) is 0 Å². The van der Waals surface area contributed by atoms with Crippen LogP contribution in [0.5, 0.6) is 5.75 Å². The molecule has 0 saturated carbocycles. The first-order chi connectivity index (χ1) is 8.31. The summed E-state index contributed by atoms with van der Waals surface area (Å²) in [5.74, 6) is 0.313. The zero-order valence-electron chi connectivity index (χ0n) is 9.80. The molecule has 2 rings (SSSR count). The van der Waals surface area contributed by atoms with Crippen molar-refractivity contribution in [1.29, 1.82) is 0 Å². The van der Waals surface area contributed by atoms with E-state index in [1.807, 2.05) is 36.4 Å². The molecule has 1 aromatic carbocycles. The highest BCUT2D eigenvalue weighted by Gasteiger charge is 2.01. The Morgan fingerprint density at radius 1 is 1.18 bits per heavy atom. The number of hydrogen-bond donors (Lipinski definition) is 1. The zero-order valence-corrected chi connectivity index (χ0v) is 9.80. The van der Waals surface area contributed by atoms with E-state index in [1.54, 1.807) is 18.5 Å². The number of phenolic OH excluding ortho intramolecular Hbond substituents is 1. The normalized spacial score (nSPS) is 11.5. The Bertz CT molecular complexity index is 517. The second-order valence-corrected chi connectivity index (χ2v) is 3.82. The Balaban J connectivity index is 2.40. The standard InChI is InChI=1S/C15H15NO/c1-2-12(13-7-9-16-10-8-13)11-14-5-3-4-6-15(14)17/h3-11,17H,2H2,1H3/b12-11+. The molecule has 0 spiro atoms. The molecule has 1 aromatic heterocycles. The van der Waals surface area contributed by atoms with Gasteiger partial charge in [0.2, 0.25) is 0 Å². The molecule has 0 aliphatic heterocycles. The second kappa shape index (κ2) is 5.30. The smallest absolute Gasteiger partial charge is 0.122 e. The van der Waals surface area contributed by atoms with E-state index in [0.29, 0.717) is 5.75 Å². The van der Waals surface area contributed by atoms with Crippen molar-refractivity contribution in [3.8, 4) is 5.75 Å². The number of benzene rings is 1. The zero-order chi connectivity index (χ0) is 12.1. The fourth-order valence-electron chi connectivity index (χ4n) is 1.75. The van der Waals surface area contributed by atoms with Crippen LogP contribution in [-0.2, 0) is 0 Å². The Morgan fingerprint density at radius 3 is 2.53 bits per heavy atom. The summed E-state index contributed by atoms with van der Waals surface area (Å²) in [7, 11) is 0. The lowest BCUT2D eigenvalue weighted by Crippen LogP contribution is -1.84. The molecule has 0 aliphatic rings. The van der Waals surface area contributed by atoms with Crippen LogP contribution in [-0.4, -0.2) is 10.1 Å². The fraction of sp³-hybridized carbons (Fsp3) is 0.133. The summed E-state index contributed by atoms with van der Waals surface area (Å²) in [6.45, 7) is 2.10. The average molecular weight is 225 g/mol. The Kier molecular flexibility index (Phi) is 3.55. The van der Waals surface area contributed by atoms with Crippen LogP contribution in [0.2, 0.25) is 0 Å². The van der Waals surface area contributed by atoms with E-state index in [4.69, 9.17) is 0 Å². The molecular formula is C15H15NO. The van der Waals surface area contributed by atoms with Crippen LogP contribution in [0.15, 0.2) is 48.8 Å². The van der Waals surface area contributed by atoms with Crippen molar-refractivity contribution in [3.63, 3.8) is 0 Å². The highest BCUT2D eigenvalue weighted by Crippen LogP contribution is 2.25. The van der Waals surface area contributed by atoms with Crippen molar-refractivity contribution in [2.45, 2.75) is 13.3 Å². The van der Waals surface area contributed by atoms with Crippen molar-refractivity contribution in [2.24, 2.45) is 0 Å². The Labute approximate surface area is 101 Å². The molecule has 0 aliphatic carbocycles. The Hall–Kier alpha value is -2.09. The van der Waals surface area contributed by atoms with Gasteiger partial charge < -0.3 is 5.11 Å². The summed E-state index contributed by atoms with van der Waals surface area (Å²) in [5.41, 5.74) is 3.18. The molecule has 86 valence electrons. The fourth-order valence-corrected chi connectivity index (χ4v) is 1.75. The highest BCUT2D eigenvalue weighted by atomic mass is 16.3. The maximum atomic E-state index is 9.74. The lowest BCUT2D eigenvalue weighted by molar-refractivity contribution is 0.474. The molecule has 0 saturated heterocycles. The van der Waals surface area contributed by atoms with Gasteiger partial charge in [-0.3, -0.25) is 4.98 Å². The van der Waals surface area contributed by atoms with Crippen molar-refractivity contribution in [3.05, 3.63) is 59.9 Å². The number of para-hydroxylation sites is 1. The number of nitrogens with zero attached hydrogens (tertiary/aromatic N) is 1. The van der Waals surface area contributed by atoms with E-state index in [9.17, 15) is 5.11 Å². The maximum Gasteiger partial charge on any atom is 0.122 e. The molecule has 0 radical (unpaired) electrons. The number of aromatic hydroxyl groups is 1. The maximum absolute atomic E-state index is 9.74. The van der Waals surface area contributed by atoms with Crippen molar-refractivity contribution < 1.29 is 5.11 Å². The minimum Gasteiger partial charge on any atom is -0.507 e. The molecule has 2 heteroatoms. The predicted octanol–water partition coefficient (Wildman–Crippen LogP) is 3.74. The summed E-state index contributed by atoms with van der Waals surface area (Å²) in [6, 6.07) is 11.3. The molecule has 0 fully saturated rings. The van der Waals surface area contributed by atoms with Gasteiger partial charge in [0.1, 0.15) is 5.75 Å². The minimum absolute atomic E-state index is 0.313. The highest BCUT2D eigenvalue weighted by molar-refractivity contribution is 5.82. The molecule has 1 heterocycles. The largest absolute Gasteiger partial charge is 0.507 e. The second-order valence-electron chi connectivity index (χ2n) is 3.82. The van der Waals surface area contributed by atoms with Crippen LogP contribution in [0.25, 0.3) is 11.6 Å². The van der Waals surface area contributed by atoms with Gasteiger partial charge in [0.25, 0.3) is 0 Å². The van der Waals surface area contributed by atoms with E-state index in [-0.39, 0.29) is 0 Å². The van der Waals surface area contributed by atoms with Gasteiger partial charge >= 0.3 is 0 Å². The van der Waals surface area contributed by atoms with Crippen LogP contribution in [0.3, 0.4) is 0 Å². The number of allylic oxidation sites excluding steroid dienone is 1. The molecular weight excluding hydrogens is 210 g/mol. The summed E-state index contributed by atoms with van der Waals surface area (Å²) in [4.78, 5) is 4.01. The molecule has 17 heavy (non-hydrogen) atoms. The van der Waals surface area contributed by atoms with Gasteiger partial charge in [-0.2, -0.15) is 0 Å². The van der Waals surface area contributed by atoms with Crippen molar-refractivity contribution >= 4 is 11.6 Å². The first kappa shape index (κ1) is 11.4. The lowest BCUT2D eigenvalue weighted by atomic mass is 10.0. The third-order valence-electron chi connectivity index (χ3n) is 2.70. The quantitative estimate of drug-likeness (QED) is 0.863. The van der Waals surface area contributed by atoms with Crippen LogP contribution in [0.4, 0.5) is 0 Å². The molecule has 2 aromatic rings. The first-order valence-electron chi connectivity index (χ1n) is 5.70. The third kappa shape index (κ3) is 2.72. The number of pyridine rings is 1. The summed E-state index contributed by atoms with van der Waals surface area (Å²) >= 11 is 0. The summed E-state index contributed by atoms with van der Waals surface area (Å²) < 4.78 is 0. The van der Waals surface area contributed by atoms with Gasteiger partial charge in [-0.15, -0.1) is 0 Å². The topological polar surface area (TPSA) is 33.1 Å². The third-order valence-corrected chi connectivity index (χ3v) is 2.70. The average Bonchev–Trinajstić information content (AvgIpc) is 2.39. The predicted molar refractivity (Wildman–Crippen MR) is 70.5 cm³/mol. The van der Waals surface area contributed by atoms with Gasteiger partial charge in [0.05, 0.1) is 0 Å². The summed E-state index contributed by atoms with van der Waals surface area (Å²) in [6.07, 6.45) is 6.50. The first-order valence-corrected chi connectivity index (χ1v) is 5.70. The molecule has 0 unspecified atom stereocenters. The van der Waals surface area contributed by atoms with Gasteiger partial charge in [-0.05, 0) is 41.8 Å². The SMILES string of the molecule is CC/C(=C\c1ccccc1O)c1ccncc1. The molecule has 1 N–H and O–H groups in total. The van der Waals surface area contributed by atoms with E-state index < -0.39 is 0 Å². The van der Waals surface area contributed by atoms with Crippen molar-refractivity contribution in [1.82, 2.24) is 4.98 Å². The number of phenols is 1. The number of rotatable bonds is 3. The van der Waals surface area contributed by atoms with Gasteiger partial charge in [0, 0.05) is 18.0 Å². The number of hydrogen-bond acceptors (Lipinski definition) is 2. The molecule has 0 bridgehead atoms. The molecule has 0 amide bonds. The minimum atomic E-state index is 0.313. The monoisotopic (exact) mass is 225 g/mol. The van der Waals surface area contributed by atoms with E-state index in [2.05, 4.69) is 11.9 Å². The molecule has 0 atom stereocenters. The van der Waals surface area contributed by atoms with Crippen LogP contribution in [0, 0.1) is 0 Å². The van der Waals surface area contributed by atoms with Crippen molar-refractivity contribution in [2.75, 3.05) is 0 Å². The van der Waals surface area contributed by atoms with Gasteiger partial charge in [-0.1, -0.05) is 25.1 Å². The number of aromatic nitrogens is 1. The lowest BCUT2D eigenvalue weighted by Gasteiger charge is -2.05. The van der Waals surface area contributed by atoms with Crippen LogP contribution in [0.1, 0.15) is 24.5 Å². The summed E-state index contributed by atoms with van der Waals surface area (Å²) in [5, 5.41) is 9.74. The van der Waals surface area contributed by atoms with E-state index in [0.717, 1.165) is 17.5 Å². The van der Waals surface area contributed by atoms with E-state index in [1.165, 1.54) is 5.57 Å². The van der Waals surface area contributed by atoms with Gasteiger partial charge in [-0.25, -0.2) is 0 Å². The molecule has 2 nitrogen and oxygen atoms in total. The van der Waals surface area contributed by atoms with Crippen LogP contribution < -0.4 is 0 Å². The van der Waals surface area contributed by atoms with Crippen LogP contribution >= 0.6 is 0 Å². The Morgan fingerprint density at radius 2 is 1.88 bits per heavy atom. The van der Waals surface area contributed by atoms with E-state index >= 15 is 0 Å².